The average molecular weight is 298 g/mol. The summed E-state index contributed by atoms with van der Waals surface area (Å²) in [7, 11) is 1.72. The number of nitrogens with one attached hydrogen (secondary N) is 1. The first kappa shape index (κ1) is 15.1. The molecule has 1 saturated carbocycles. The molecule has 0 spiro atoms. The number of rotatable bonds is 4. The minimum atomic E-state index is 0.480. The Kier molecular flexibility index (Phi) is 5.15. The lowest BCUT2D eigenvalue weighted by Gasteiger charge is -2.19. The molecule has 3 heteroatoms. The maximum Gasteiger partial charge on any atom is 0.119 e. The molecule has 1 aliphatic heterocycles. The van der Waals surface area contributed by atoms with E-state index in [1.165, 1.54) is 44.2 Å². The monoisotopic (exact) mass is 298 g/mol. The zero-order valence-corrected chi connectivity index (χ0v) is 13.5. The van der Waals surface area contributed by atoms with Gasteiger partial charge in [0.15, 0.2) is 0 Å². The van der Waals surface area contributed by atoms with Crippen LogP contribution < -0.4 is 10.1 Å². The molecular formula is C19H26N2O. The van der Waals surface area contributed by atoms with Crippen molar-refractivity contribution in [2.75, 3.05) is 13.7 Å². The molecule has 118 valence electrons. The number of hydrogen-bond donors (Lipinski definition) is 1. The molecule has 2 fully saturated rings. The molecule has 1 aliphatic carbocycles. The molecule has 1 N–H and O–H groups in total. The molecule has 0 bridgehead atoms. The predicted octanol–water partition coefficient (Wildman–Crippen LogP) is 4.08. The zero-order valence-electron chi connectivity index (χ0n) is 13.5. The first-order valence-electron chi connectivity index (χ1n) is 8.52. The number of aliphatic imine (C=N–C) groups is 1. The molecule has 3 nitrogen and oxygen atoms in total. The van der Waals surface area contributed by atoms with Gasteiger partial charge in [0.05, 0.1) is 18.9 Å². The van der Waals surface area contributed by atoms with Gasteiger partial charge in [-0.1, -0.05) is 31.4 Å². The summed E-state index contributed by atoms with van der Waals surface area (Å²) in [5.41, 5.74) is 3.58. The van der Waals surface area contributed by atoms with Crippen LogP contribution in [0.2, 0.25) is 0 Å². The number of methoxy groups -OCH3 is 1. The normalized spacial score (nSPS) is 21.9. The minimum absolute atomic E-state index is 0.480. The number of allylic oxidation sites excluding steroid dienone is 2. The quantitative estimate of drug-likeness (QED) is 0.850. The Balaban J connectivity index is 1.90. The minimum Gasteiger partial charge on any atom is -0.497 e. The van der Waals surface area contributed by atoms with Crippen molar-refractivity contribution in [2.24, 2.45) is 4.99 Å². The van der Waals surface area contributed by atoms with Crippen LogP contribution in [0.4, 0.5) is 0 Å². The SMILES string of the molecule is COc1cccc(C(/C=C2\CCCN2)=NC2CCCCC2)c1. The summed E-state index contributed by atoms with van der Waals surface area (Å²) in [5.74, 6) is 0.895. The Labute approximate surface area is 133 Å². The van der Waals surface area contributed by atoms with Gasteiger partial charge in [0.2, 0.25) is 0 Å². The Morgan fingerprint density at radius 1 is 1.23 bits per heavy atom. The van der Waals surface area contributed by atoms with Crippen molar-refractivity contribution in [2.45, 2.75) is 51.0 Å². The molecule has 2 aliphatic rings. The van der Waals surface area contributed by atoms with E-state index in [4.69, 9.17) is 9.73 Å². The van der Waals surface area contributed by atoms with Gasteiger partial charge < -0.3 is 10.1 Å². The van der Waals surface area contributed by atoms with Gasteiger partial charge in [0, 0.05) is 17.8 Å². The molecule has 1 aromatic carbocycles. The smallest absolute Gasteiger partial charge is 0.119 e. The van der Waals surface area contributed by atoms with Gasteiger partial charge in [-0.25, -0.2) is 0 Å². The lowest BCUT2D eigenvalue weighted by molar-refractivity contribution is 0.414. The highest BCUT2D eigenvalue weighted by Crippen LogP contribution is 2.23. The molecule has 1 heterocycles. The maximum atomic E-state index is 5.37. The highest BCUT2D eigenvalue weighted by molar-refractivity contribution is 6.09. The molecular weight excluding hydrogens is 272 g/mol. The fourth-order valence-electron chi connectivity index (χ4n) is 3.29. The van der Waals surface area contributed by atoms with Crippen molar-refractivity contribution >= 4 is 5.71 Å². The molecule has 1 saturated heterocycles. The molecule has 0 radical (unpaired) electrons. The Hall–Kier alpha value is -1.77. The van der Waals surface area contributed by atoms with E-state index < -0.39 is 0 Å². The maximum absolute atomic E-state index is 5.37. The van der Waals surface area contributed by atoms with Crippen LogP contribution in [0.15, 0.2) is 41.0 Å². The summed E-state index contributed by atoms with van der Waals surface area (Å²) in [6.07, 6.45) is 11.0. The van der Waals surface area contributed by atoms with Gasteiger partial charge in [-0.15, -0.1) is 0 Å². The van der Waals surface area contributed by atoms with Gasteiger partial charge in [0.25, 0.3) is 0 Å². The van der Waals surface area contributed by atoms with Gasteiger partial charge in [-0.3, -0.25) is 4.99 Å². The molecule has 0 aromatic heterocycles. The van der Waals surface area contributed by atoms with E-state index >= 15 is 0 Å². The number of ether oxygens (including phenoxy) is 1. The topological polar surface area (TPSA) is 33.6 Å². The van der Waals surface area contributed by atoms with Crippen LogP contribution in [0.3, 0.4) is 0 Å². The first-order valence-corrected chi connectivity index (χ1v) is 8.52. The van der Waals surface area contributed by atoms with Crippen LogP contribution in [0, 0.1) is 0 Å². The fourth-order valence-corrected chi connectivity index (χ4v) is 3.29. The van der Waals surface area contributed by atoms with Gasteiger partial charge in [-0.05, 0) is 43.9 Å². The second-order valence-corrected chi connectivity index (χ2v) is 6.24. The van der Waals surface area contributed by atoms with Gasteiger partial charge in [-0.2, -0.15) is 0 Å². The average Bonchev–Trinajstić information content (AvgIpc) is 3.08. The van der Waals surface area contributed by atoms with Gasteiger partial charge in [0.1, 0.15) is 5.75 Å². The van der Waals surface area contributed by atoms with E-state index in [-0.39, 0.29) is 0 Å². The van der Waals surface area contributed by atoms with Crippen LogP contribution in [0.25, 0.3) is 0 Å². The van der Waals surface area contributed by atoms with Crippen LogP contribution in [0.5, 0.6) is 5.75 Å². The van der Waals surface area contributed by atoms with Crippen molar-refractivity contribution in [3.63, 3.8) is 0 Å². The van der Waals surface area contributed by atoms with Crippen molar-refractivity contribution in [1.82, 2.24) is 5.32 Å². The van der Waals surface area contributed by atoms with Crippen LogP contribution in [-0.4, -0.2) is 25.4 Å². The lowest BCUT2D eigenvalue weighted by Crippen LogP contribution is -2.14. The molecule has 22 heavy (non-hydrogen) atoms. The third-order valence-electron chi connectivity index (χ3n) is 4.55. The highest BCUT2D eigenvalue weighted by Gasteiger charge is 2.15. The third kappa shape index (κ3) is 3.90. The van der Waals surface area contributed by atoms with E-state index in [2.05, 4.69) is 23.5 Å². The van der Waals surface area contributed by atoms with Crippen molar-refractivity contribution in [3.05, 3.63) is 41.6 Å². The first-order chi connectivity index (χ1) is 10.8. The molecule has 0 atom stereocenters. The second kappa shape index (κ2) is 7.48. The summed E-state index contributed by atoms with van der Waals surface area (Å²) in [6, 6.07) is 8.74. The van der Waals surface area contributed by atoms with Crippen LogP contribution in [0.1, 0.15) is 50.5 Å². The van der Waals surface area contributed by atoms with E-state index in [0.717, 1.165) is 30.0 Å². The van der Waals surface area contributed by atoms with Crippen molar-refractivity contribution in [1.29, 1.82) is 0 Å². The fraction of sp³-hybridized carbons (Fsp3) is 0.526. The van der Waals surface area contributed by atoms with Gasteiger partial charge >= 0.3 is 0 Å². The summed E-state index contributed by atoms with van der Waals surface area (Å²) in [4.78, 5) is 5.09. The lowest BCUT2D eigenvalue weighted by atomic mass is 9.95. The van der Waals surface area contributed by atoms with Crippen molar-refractivity contribution in [3.8, 4) is 5.75 Å². The summed E-state index contributed by atoms with van der Waals surface area (Å²) < 4.78 is 5.37. The molecule has 0 amide bonds. The number of hydrogen-bond acceptors (Lipinski definition) is 3. The van der Waals surface area contributed by atoms with Crippen molar-refractivity contribution < 1.29 is 4.74 Å². The number of benzene rings is 1. The summed E-state index contributed by atoms with van der Waals surface area (Å²) in [6.45, 7) is 1.08. The second-order valence-electron chi connectivity index (χ2n) is 6.24. The summed E-state index contributed by atoms with van der Waals surface area (Å²) in [5, 5.41) is 3.47. The highest BCUT2D eigenvalue weighted by atomic mass is 16.5. The zero-order chi connectivity index (χ0) is 15.2. The number of nitrogens with zero attached hydrogens (tertiary/aromatic N) is 1. The van der Waals surface area contributed by atoms with E-state index in [0.29, 0.717) is 6.04 Å². The standard InChI is InChI=1S/C19H26N2O/c1-22-18-11-5-7-15(13-18)19(14-17-10-6-12-20-17)21-16-8-3-2-4-9-16/h5,7,11,13-14,16,20H,2-4,6,8-10,12H2,1H3/b17-14+,21-19?. The van der Waals surface area contributed by atoms with E-state index in [1.54, 1.807) is 7.11 Å². The summed E-state index contributed by atoms with van der Waals surface area (Å²) >= 11 is 0. The predicted molar refractivity (Wildman–Crippen MR) is 91.7 cm³/mol. The van der Waals surface area contributed by atoms with E-state index in [1.807, 2.05) is 12.1 Å². The van der Waals surface area contributed by atoms with Crippen LogP contribution >= 0.6 is 0 Å². The van der Waals surface area contributed by atoms with E-state index in [9.17, 15) is 0 Å². The third-order valence-corrected chi connectivity index (χ3v) is 4.55. The molecule has 1 aromatic rings. The Morgan fingerprint density at radius 2 is 2.09 bits per heavy atom. The Bertz CT molecular complexity index is 548. The molecule has 0 unspecified atom stereocenters. The largest absolute Gasteiger partial charge is 0.497 e. The molecule has 3 rings (SSSR count). The van der Waals surface area contributed by atoms with Crippen LogP contribution in [-0.2, 0) is 0 Å². The Morgan fingerprint density at radius 3 is 2.82 bits per heavy atom.